The van der Waals surface area contributed by atoms with Crippen molar-refractivity contribution in [2.75, 3.05) is 0 Å². The van der Waals surface area contributed by atoms with Crippen molar-refractivity contribution < 1.29 is 31.1 Å². The van der Waals surface area contributed by atoms with Gasteiger partial charge in [-0.3, -0.25) is 0 Å². The second kappa shape index (κ2) is 5.23. The molecule has 0 saturated carbocycles. The monoisotopic (exact) mass is 280 g/mol. The lowest BCUT2D eigenvalue weighted by molar-refractivity contribution is -0.297. The van der Waals surface area contributed by atoms with Gasteiger partial charge >= 0.3 is 18.4 Å². The van der Waals surface area contributed by atoms with Crippen LogP contribution in [-0.4, -0.2) is 30.0 Å². The summed E-state index contributed by atoms with van der Waals surface area (Å²) in [5.74, 6) is 0. The van der Waals surface area contributed by atoms with E-state index in [4.69, 9.17) is 0 Å². The smallest absolute Gasteiger partial charge is 0.336 e. The first kappa shape index (κ1) is 16.9. The highest BCUT2D eigenvalue weighted by Crippen LogP contribution is 2.42. The number of carbonyl (C=O) groups excluding carboxylic acids is 1. The van der Waals surface area contributed by atoms with Gasteiger partial charge in [-0.15, -0.1) is 0 Å². The molecule has 18 heavy (non-hydrogen) atoms. The standard InChI is InChI=1S/C9H14F6N2O/c1-4-5(2)16-6(18)17-7(3,8(10,11)12)9(13,14)15/h5H,4H2,1-3H3,(H2,16,17,18)/t5-/m1/s1. The summed E-state index contributed by atoms with van der Waals surface area (Å²) in [5, 5.41) is 2.92. The fourth-order valence-electron chi connectivity index (χ4n) is 0.891. The van der Waals surface area contributed by atoms with E-state index in [0.717, 1.165) is 5.32 Å². The molecule has 0 fully saturated rings. The van der Waals surface area contributed by atoms with Gasteiger partial charge in [-0.1, -0.05) is 6.92 Å². The average Bonchev–Trinajstić information content (AvgIpc) is 2.13. The van der Waals surface area contributed by atoms with Crippen molar-refractivity contribution >= 4 is 6.03 Å². The van der Waals surface area contributed by atoms with Crippen LogP contribution in [0.1, 0.15) is 27.2 Å². The van der Waals surface area contributed by atoms with Crippen molar-refractivity contribution in [1.82, 2.24) is 10.6 Å². The van der Waals surface area contributed by atoms with Crippen LogP contribution in [0.4, 0.5) is 31.1 Å². The number of halogens is 6. The number of nitrogens with one attached hydrogen (secondary N) is 2. The molecule has 9 heteroatoms. The SMILES string of the molecule is CC[C@@H](C)NC(=O)NC(C)(C(F)(F)F)C(F)(F)F. The molecule has 0 heterocycles. The summed E-state index contributed by atoms with van der Waals surface area (Å²) in [5.41, 5.74) is -4.28. The van der Waals surface area contributed by atoms with Gasteiger partial charge in [0.1, 0.15) is 0 Å². The van der Waals surface area contributed by atoms with E-state index in [1.807, 2.05) is 5.32 Å². The van der Waals surface area contributed by atoms with E-state index in [1.54, 1.807) is 6.92 Å². The molecule has 0 unspecified atom stereocenters. The summed E-state index contributed by atoms with van der Waals surface area (Å²) in [6.07, 6.45) is -10.9. The van der Waals surface area contributed by atoms with Gasteiger partial charge in [0.25, 0.3) is 0 Å². The Labute approximate surface area is 99.9 Å². The van der Waals surface area contributed by atoms with E-state index in [1.165, 1.54) is 6.92 Å². The van der Waals surface area contributed by atoms with E-state index in [0.29, 0.717) is 6.42 Å². The molecule has 108 valence electrons. The molecule has 0 aromatic rings. The van der Waals surface area contributed by atoms with Crippen molar-refractivity contribution in [1.29, 1.82) is 0 Å². The topological polar surface area (TPSA) is 41.1 Å². The van der Waals surface area contributed by atoms with Crippen LogP contribution in [0.15, 0.2) is 0 Å². The van der Waals surface area contributed by atoms with E-state index in [9.17, 15) is 31.1 Å². The minimum Gasteiger partial charge on any atom is -0.336 e. The Morgan fingerprint density at radius 2 is 1.50 bits per heavy atom. The molecule has 2 N–H and O–H groups in total. The third kappa shape index (κ3) is 3.67. The van der Waals surface area contributed by atoms with Crippen LogP contribution in [0.5, 0.6) is 0 Å². The molecule has 0 rings (SSSR count). The summed E-state index contributed by atoms with van der Waals surface area (Å²) in [4.78, 5) is 11.1. The summed E-state index contributed by atoms with van der Waals surface area (Å²) in [6.45, 7) is 2.96. The maximum Gasteiger partial charge on any atom is 0.420 e. The first-order valence-corrected chi connectivity index (χ1v) is 5.07. The van der Waals surface area contributed by atoms with Gasteiger partial charge in [0, 0.05) is 6.04 Å². The maximum absolute atomic E-state index is 12.4. The number of carbonyl (C=O) groups is 1. The fourth-order valence-corrected chi connectivity index (χ4v) is 0.891. The van der Waals surface area contributed by atoms with E-state index in [-0.39, 0.29) is 6.92 Å². The summed E-state index contributed by atoms with van der Waals surface area (Å²) < 4.78 is 74.5. The lowest BCUT2D eigenvalue weighted by Crippen LogP contribution is -2.67. The quantitative estimate of drug-likeness (QED) is 0.767. The molecule has 2 amide bonds. The Bertz CT molecular complexity index is 284. The lowest BCUT2D eigenvalue weighted by atomic mass is 10.0. The molecular weight excluding hydrogens is 266 g/mol. The van der Waals surface area contributed by atoms with Crippen LogP contribution in [0, 0.1) is 0 Å². The zero-order valence-electron chi connectivity index (χ0n) is 9.96. The molecule has 0 aliphatic heterocycles. The molecule has 0 saturated heterocycles. The van der Waals surface area contributed by atoms with Crippen molar-refractivity contribution in [2.45, 2.75) is 51.1 Å². The van der Waals surface area contributed by atoms with Crippen LogP contribution < -0.4 is 10.6 Å². The number of rotatable bonds is 3. The molecule has 0 bridgehead atoms. The van der Waals surface area contributed by atoms with E-state index in [2.05, 4.69) is 0 Å². The molecule has 0 aliphatic rings. The highest BCUT2D eigenvalue weighted by molar-refractivity contribution is 5.75. The number of hydrogen-bond acceptors (Lipinski definition) is 1. The van der Waals surface area contributed by atoms with Gasteiger partial charge in [-0.05, 0) is 20.3 Å². The molecule has 0 aromatic carbocycles. The van der Waals surface area contributed by atoms with Crippen molar-refractivity contribution in [3.05, 3.63) is 0 Å². The van der Waals surface area contributed by atoms with Crippen LogP contribution in [-0.2, 0) is 0 Å². The average molecular weight is 280 g/mol. The van der Waals surface area contributed by atoms with Gasteiger partial charge in [0.05, 0.1) is 0 Å². The van der Waals surface area contributed by atoms with Gasteiger partial charge < -0.3 is 10.6 Å². The number of alkyl halides is 6. The summed E-state index contributed by atoms with van der Waals surface area (Å²) in [6, 6.07) is -2.04. The Morgan fingerprint density at radius 1 is 1.11 bits per heavy atom. The third-order valence-corrected chi connectivity index (χ3v) is 2.49. The van der Waals surface area contributed by atoms with E-state index < -0.39 is 30.0 Å². The summed E-state index contributed by atoms with van der Waals surface area (Å²) >= 11 is 0. The number of urea groups is 1. The maximum atomic E-state index is 12.4. The van der Waals surface area contributed by atoms with Gasteiger partial charge in [-0.2, -0.15) is 26.3 Å². The number of amides is 2. The number of hydrogen-bond donors (Lipinski definition) is 2. The molecular formula is C9H14F6N2O. The van der Waals surface area contributed by atoms with Crippen LogP contribution >= 0.6 is 0 Å². The molecule has 1 atom stereocenters. The fraction of sp³-hybridized carbons (Fsp3) is 0.889. The largest absolute Gasteiger partial charge is 0.420 e. The summed E-state index contributed by atoms with van der Waals surface area (Å²) in [7, 11) is 0. The normalized spacial score (nSPS) is 15.2. The van der Waals surface area contributed by atoms with E-state index >= 15 is 0 Å². The first-order chi connectivity index (χ1) is 7.85. The van der Waals surface area contributed by atoms with Gasteiger partial charge in [0.15, 0.2) is 0 Å². The highest BCUT2D eigenvalue weighted by Gasteiger charge is 2.68. The Kier molecular flexibility index (Phi) is 4.90. The minimum atomic E-state index is -5.64. The van der Waals surface area contributed by atoms with Crippen LogP contribution in [0.2, 0.25) is 0 Å². The van der Waals surface area contributed by atoms with Crippen LogP contribution in [0.3, 0.4) is 0 Å². The predicted molar refractivity (Wildman–Crippen MR) is 51.9 cm³/mol. The molecule has 0 spiro atoms. The predicted octanol–water partition coefficient (Wildman–Crippen LogP) is 2.97. The Morgan fingerprint density at radius 3 is 1.78 bits per heavy atom. The zero-order chi connectivity index (χ0) is 14.8. The third-order valence-electron chi connectivity index (χ3n) is 2.49. The lowest BCUT2D eigenvalue weighted by Gasteiger charge is -2.34. The molecule has 3 nitrogen and oxygen atoms in total. The second-order valence-corrected chi connectivity index (χ2v) is 4.03. The Balaban J connectivity index is 5.01. The van der Waals surface area contributed by atoms with Crippen molar-refractivity contribution in [3.63, 3.8) is 0 Å². The Hall–Kier alpha value is -1.15. The highest BCUT2D eigenvalue weighted by atomic mass is 19.4. The van der Waals surface area contributed by atoms with Gasteiger partial charge in [-0.25, -0.2) is 4.79 Å². The van der Waals surface area contributed by atoms with Crippen molar-refractivity contribution in [2.24, 2.45) is 0 Å². The minimum absolute atomic E-state index is 0.122. The van der Waals surface area contributed by atoms with Crippen molar-refractivity contribution in [3.8, 4) is 0 Å². The molecule has 0 aliphatic carbocycles. The van der Waals surface area contributed by atoms with Crippen LogP contribution in [0.25, 0.3) is 0 Å². The van der Waals surface area contributed by atoms with Gasteiger partial charge in [0.2, 0.25) is 5.54 Å². The molecule has 0 radical (unpaired) electrons. The second-order valence-electron chi connectivity index (χ2n) is 4.03. The molecule has 0 aromatic heterocycles. The first-order valence-electron chi connectivity index (χ1n) is 5.07. The zero-order valence-corrected chi connectivity index (χ0v) is 9.96.